The van der Waals surface area contributed by atoms with Crippen LogP contribution in [0.5, 0.6) is 0 Å². The molecule has 0 N–H and O–H groups in total. The number of hydrogen-bond donors (Lipinski definition) is 0. The number of rotatable bonds is 8. The van der Waals surface area contributed by atoms with Crippen molar-refractivity contribution in [1.29, 1.82) is 0 Å². The van der Waals surface area contributed by atoms with Crippen LogP contribution in [0.2, 0.25) is 0 Å². The first-order chi connectivity index (χ1) is 50.7. The van der Waals surface area contributed by atoms with Crippen molar-refractivity contribution in [3.8, 4) is 50.2 Å². The van der Waals surface area contributed by atoms with E-state index >= 15 is 0 Å². The lowest BCUT2D eigenvalue weighted by atomic mass is 9.33. The first-order valence-corrected chi connectivity index (χ1v) is 38.7. The van der Waals surface area contributed by atoms with Gasteiger partial charge >= 0.3 is 0 Å². The van der Waals surface area contributed by atoms with E-state index in [1.807, 2.05) is 0 Å². The van der Waals surface area contributed by atoms with Crippen molar-refractivity contribution in [3.63, 3.8) is 0 Å². The van der Waals surface area contributed by atoms with Gasteiger partial charge in [0.05, 0.1) is 22.4 Å². The summed E-state index contributed by atoms with van der Waals surface area (Å²) in [4.78, 5) is 5.53. The Morgan fingerprint density at radius 3 is 1.29 bits per heavy atom. The maximum atomic E-state index is 2.76. The second-order valence-corrected chi connectivity index (χ2v) is 36.1. The Hall–Kier alpha value is -10.7. The molecule has 2 aliphatic heterocycles. The summed E-state index contributed by atoms with van der Waals surface area (Å²) in [6, 6.07) is 93.8. The van der Waals surface area contributed by atoms with E-state index in [4.69, 9.17) is 0 Å². The van der Waals surface area contributed by atoms with Crippen molar-refractivity contribution in [2.75, 3.05) is 9.80 Å². The van der Waals surface area contributed by atoms with E-state index < -0.39 is 0 Å². The SMILES string of the molecule is CC(C)(C)C1=CC2=C(c3ccc4c(c3)B3c5ccc(-n6c7ccccc7c7ccccc76)cc5N(c5c(-c6ccccc6)cc(C(C)(C)C)cc5-c5ccccc5)c5cc(C(C)(C)C)cc(c53)N4c3c(-c4ccccc4)cc(C(C)(C)C)cc3-c3ccccc3)C=C3C=C(C(C)(C)C)CC4C=CC(=C1)C2C34. The predicted octanol–water partition coefficient (Wildman–Crippen LogP) is 25.8. The van der Waals surface area contributed by atoms with Gasteiger partial charge in [-0.25, -0.2) is 0 Å². The molecular weight excluding hydrogens is 1280 g/mol. The monoisotopic (exact) mass is 1370 g/mol. The number of nitrogens with zero attached hydrogens (tertiary/aromatic N) is 3. The van der Waals surface area contributed by atoms with E-state index in [-0.39, 0.29) is 39.7 Å². The van der Waals surface area contributed by atoms with E-state index in [0.29, 0.717) is 11.8 Å². The number of benzene rings is 11. The number of hydrogen-bond acceptors (Lipinski definition) is 2. The van der Waals surface area contributed by atoms with Crippen molar-refractivity contribution in [2.45, 2.75) is 127 Å². The zero-order chi connectivity index (χ0) is 73.3. The minimum atomic E-state index is -0.310. The van der Waals surface area contributed by atoms with Crippen LogP contribution in [0.3, 0.4) is 0 Å². The molecule has 3 unspecified atom stereocenters. The average molecular weight is 1370 g/mol. The molecular formula is C102H96BN3. The minimum Gasteiger partial charge on any atom is -0.310 e. The second kappa shape index (κ2) is 24.4. The highest BCUT2D eigenvalue weighted by molar-refractivity contribution is 7.00. The summed E-state index contributed by atoms with van der Waals surface area (Å²) in [5.41, 5.74) is 36.8. The Labute approximate surface area is 629 Å². The molecule has 0 radical (unpaired) electrons. The molecule has 11 aromatic carbocycles. The van der Waals surface area contributed by atoms with Gasteiger partial charge in [-0.05, 0) is 195 Å². The van der Waals surface area contributed by atoms with Crippen molar-refractivity contribution < 1.29 is 0 Å². The molecule has 4 heteroatoms. The van der Waals surface area contributed by atoms with Gasteiger partial charge in [0.25, 0.3) is 6.71 Å². The highest BCUT2D eigenvalue weighted by Gasteiger charge is 2.49. The van der Waals surface area contributed by atoms with Crippen LogP contribution >= 0.6 is 0 Å². The van der Waals surface area contributed by atoms with Crippen LogP contribution in [0.25, 0.3) is 77.6 Å². The van der Waals surface area contributed by atoms with E-state index in [2.05, 4.69) is 397 Å². The third-order valence-corrected chi connectivity index (χ3v) is 24.1. The number of allylic oxidation sites excluding steroid dienone is 12. The first-order valence-electron chi connectivity index (χ1n) is 38.7. The van der Waals surface area contributed by atoms with Crippen molar-refractivity contribution >= 4 is 84.6 Å². The van der Waals surface area contributed by atoms with Gasteiger partial charge in [0.2, 0.25) is 0 Å². The predicted molar refractivity (Wildman–Crippen MR) is 455 cm³/mol. The van der Waals surface area contributed by atoms with Crippen molar-refractivity contribution in [2.24, 2.45) is 28.6 Å². The molecule has 106 heavy (non-hydrogen) atoms. The minimum absolute atomic E-state index is 0.0311. The van der Waals surface area contributed by atoms with Crippen LogP contribution < -0.4 is 26.2 Å². The summed E-state index contributed by atoms with van der Waals surface area (Å²) in [5, 5.41) is 2.48. The summed E-state index contributed by atoms with van der Waals surface area (Å²) < 4.78 is 2.53. The normalized spacial score (nSPS) is 17.5. The smallest absolute Gasteiger partial charge is 0.252 e. The van der Waals surface area contributed by atoms with Crippen LogP contribution in [-0.4, -0.2) is 11.3 Å². The van der Waals surface area contributed by atoms with E-state index in [1.54, 1.807) is 0 Å². The Kier molecular flexibility index (Phi) is 15.5. The fourth-order valence-electron chi connectivity index (χ4n) is 18.4. The van der Waals surface area contributed by atoms with Crippen LogP contribution in [-0.2, 0) is 16.2 Å². The van der Waals surface area contributed by atoms with Crippen LogP contribution in [0.15, 0.2) is 307 Å². The lowest BCUT2D eigenvalue weighted by Crippen LogP contribution is -2.61. The third-order valence-electron chi connectivity index (χ3n) is 24.1. The molecule has 0 fully saturated rings. The van der Waals surface area contributed by atoms with Crippen molar-refractivity contribution in [1.82, 2.24) is 4.57 Å². The van der Waals surface area contributed by atoms with Gasteiger partial charge in [0.1, 0.15) is 0 Å². The molecule has 18 rings (SSSR count). The Balaban J connectivity index is 1.03. The molecule has 0 saturated carbocycles. The van der Waals surface area contributed by atoms with Gasteiger partial charge < -0.3 is 14.4 Å². The second-order valence-electron chi connectivity index (χ2n) is 36.1. The lowest BCUT2D eigenvalue weighted by molar-refractivity contribution is 0.328. The van der Waals surface area contributed by atoms with Gasteiger partial charge in [-0.2, -0.15) is 0 Å². The molecule has 0 bridgehead atoms. The molecule has 0 amide bonds. The summed E-state index contributed by atoms with van der Waals surface area (Å²) in [5.74, 6) is 1.02. The Bertz CT molecular complexity index is 5640. The molecule has 6 aliphatic rings. The topological polar surface area (TPSA) is 11.4 Å². The van der Waals surface area contributed by atoms with Gasteiger partial charge in [-0.1, -0.05) is 322 Å². The van der Waals surface area contributed by atoms with Gasteiger partial charge in [0, 0.05) is 73.3 Å². The van der Waals surface area contributed by atoms with E-state index in [0.717, 1.165) is 23.5 Å². The maximum Gasteiger partial charge on any atom is 0.252 e. The highest BCUT2D eigenvalue weighted by atomic mass is 15.2. The first kappa shape index (κ1) is 67.2. The standard InChI is InChI=1S/C102H96BN3/c1-98(2,3)71-50-68-44-45-69-51-72(99(4,5)6)59-84-79(53-70(52-71)93(68)94(69)84)67-46-49-89-86(54-67)103-85-48-47-76(104-87-42-30-28-40-77(87)78-41-29-31-43-88(78)104)62-90(85)106(97-82(65-36-24-18-25-37-65)57-74(101(10,11)12)58-83(97)66-38-26-19-27-39-66)92-61-75(102(13,14)15)60-91(95(92)103)105(89)96-80(63-32-20-16-21-33-63)55-73(100(7,8)9)56-81(96)64-34-22-17-23-35-64/h16-49,51-62,68,93-94H,50H2,1-15H3. The maximum absolute atomic E-state index is 2.76. The van der Waals surface area contributed by atoms with Crippen LogP contribution in [0.1, 0.15) is 133 Å². The molecule has 4 aliphatic carbocycles. The molecule has 0 spiro atoms. The van der Waals surface area contributed by atoms with Crippen LogP contribution in [0.4, 0.5) is 34.1 Å². The molecule has 1 aromatic heterocycles. The number of para-hydroxylation sites is 2. The summed E-state index contributed by atoms with van der Waals surface area (Å²) in [7, 11) is 0. The fraction of sp³-hybridized carbons (Fsp3) is 0.235. The molecule has 3 heterocycles. The fourth-order valence-corrected chi connectivity index (χ4v) is 18.4. The highest BCUT2D eigenvalue weighted by Crippen LogP contribution is 2.59. The van der Waals surface area contributed by atoms with Gasteiger partial charge in [0.15, 0.2) is 0 Å². The Morgan fingerprint density at radius 2 is 0.821 bits per heavy atom. The lowest BCUT2D eigenvalue weighted by Gasteiger charge is -2.48. The van der Waals surface area contributed by atoms with E-state index in [9.17, 15) is 0 Å². The Morgan fingerprint density at radius 1 is 0.358 bits per heavy atom. The van der Waals surface area contributed by atoms with E-state index in [1.165, 1.54) is 161 Å². The molecule has 12 aromatic rings. The quantitative estimate of drug-likeness (QED) is 0.141. The summed E-state index contributed by atoms with van der Waals surface area (Å²) in [6.07, 6.45) is 16.6. The molecule has 0 saturated heterocycles. The zero-order valence-corrected chi connectivity index (χ0v) is 64.4. The summed E-state index contributed by atoms with van der Waals surface area (Å²) in [6.45, 7) is 35.7. The summed E-state index contributed by atoms with van der Waals surface area (Å²) >= 11 is 0. The van der Waals surface area contributed by atoms with Gasteiger partial charge in [-0.3, -0.25) is 0 Å². The zero-order valence-electron chi connectivity index (χ0n) is 64.4. The molecule has 3 atom stereocenters. The third kappa shape index (κ3) is 11.0. The molecule has 3 nitrogen and oxygen atoms in total. The van der Waals surface area contributed by atoms with Crippen molar-refractivity contribution in [3.05, 3.63) is 329 Å². The number of fused-ring (bicyclic) bond motifs is 7. The largest absolute Gasteiger partial charge is 0.310 e. The van der Waals surface area contributed by atoms with Crippen LogP contribution in [0, 0.1) is 28.6 Å². The van der Waals surface area contributed by atoms with Gasteiger partial charge in [-0.15, -0.1) is 0 Å². The number of anilines is 6. The molecule has 522 valence electrons. The average Bonchev–Trinajstić information content (AvgIpc) is 0.811. The number of aromatic nitrogens is 1.